The smallest absolute Gasteiger partial charge is 0.143 e. The van der Waals surface area contributed by atoms with Crippen LogP contribution in [0.15, 0.2) is 36.8 Å². The van der Waals surface area contributed by atoms with Gasteiger partial charge >= 0.3 is 0 Å². The highest BCUT2D eigenvalue weighted by atomic mass is 15.0. The monoisotopic (exact) mass is 238 g/mol. The number of benzene rings is 1. The minimum Gasteiger partial charge on any atom is -0.346 e. The Balaban J connectivity index is 2.03. The maximum atomic E-state index is 4.30. The van der Waals surface area contributed by atoms with Crippen LogP contribution in [-0.4, -0.2) is 15.0 Å². The van der Waals surface area contributed by atoms with Gasteiger partial charge in [-0.05, 0) is 31.5 Å². The molecule has 2 heterocycles. The van der Waals surface area contributed by atoms with Crippen molar-refractivity contribution in [1.29, 1.82) is 0 Å². The summed E-state index contributed by atoms with van der Waals surface area (Å²) in [4.78, 5) is 11.5. The van der Waals surface area contributed by atoms with Crippen molar-refractivity contribution in [2.75, 3.05) is 5.32 Å². The van der Waals surface area contributed by atoms with Gasteiger partial charge in [-0.1, -0.05) is 17.7 Å². The molecule has 3 aromatic rings. The van der Waals surface area contributed by atoms with Crippen molar-refractivity contribution in [1.82, 2.24) is 15.0 Å². The van der Waals surface area contributed by atoms with E-state index in [1.54, 1.807) is 6.33 Å². The minimum absolute atomic E-state index is 0.827. The van der Waals surface area contributed by atoms with Gasteiger partial charge in [0.25, 0.3) is 0 Å². The lowest BCUT2D eigenvalue weighted by Crippen LogP contribution is -1.97. The van der Waals surface area contributed by atoms with E-state index in [0.717, 1.165) is 22.5 Å². The topological polar surface area (TPSA) is 53.6 Å². The molecule has 1 aromatic carbocycles. The highest BCUT2D eigenvalue weighted by molar-refractivity contribution is 5.88. The lowest BCUT2D eigenvalue weighted by atomic mass is 10.1. The van der Waals surface area contributed by atoms with E-state index in [-0.39, 0.29) is 0 Å². The summed E-state index contributed by atoms with van der Waals surface area (Å²) in [7, 11) is 0. The Kier molecular flexibility index (Phi) is 2.48. The summed E-state index contributed by atoms with van der Waals surface area (Å²) < 4.78 is 0. The third kappa shape index (κ3) is 1.82. The normalized spacial score (nSPS) is 10.8. The Hall–Kier alpha value is -2.36. The first-order chi connectivity index (χ1) is 8.74. The largest absolute Gasteiger partial charge is 0.346 e. The SMILES string of the molecule is Cc1ccc(Nc2ncnc3[nH]ccc23)c(C)c1. The number of hydrogen-bond acceptors (Lipinski definition) is 3. The first kappa shape index (κ1) is 10.8. The van der Waals surface area contributed by atoms with Crippen LogP contribution < -0.4 is 5.32 Å². The van der Waals surface area contributed by atoms with Crippen LogP contribution in [0.4, 0.5) is 11.5 Å². The molecule has 3 rings (SSSR count). The van der Waals surface area contributed by atoms with Crippen LogP contribution in [0.3, 0.4) is 0 Å². The van der Waals surface area contributed by atoms with Gasteiger partial charge in [-0.2, -0.15) is 0 Å². The number of aromatic amines is 1. The van der Waals surface area contributed by atoms with Gasteiger partial charge in [0.1, 0.15) is 17.8 Å². The van der Waals surface area contributed by atoms with Gasteiger partial charge in [0.15, 0.2) is 0 Å². The van der Waals surface area contributed by atoms with E-state index in [2.05, 4.69) is 52.3 Å². The fraction of sp³-hybridized carbons (Fsp3) is 0.143. The van der Waals surface area contributed by atoms with Gasteiger partial charge in [-0.25, -0.2) is 9.97 Å². The fourth-order valence-corrected chi connectivity index (χ4v) is 2.05. The van der Waals surface area contributed by atoms with Crippen molar-refractivity contribution < 1.29 is 0 Å². The van der Waals surface area contributed by atoms with E-state index >= 15 is 0 Å². The van der Waals surface area contributed by atoms with E-state index in [4.69, 9.17) is 0 Å². The molecule has 0 saturated heterocycles. The molecule has 0 bridgehead atoms. The quantitative estimate of drug-likeness (QED) is 0.720. The molecule has 4 heteroatoms. The zero-order valence-corrected chi connectivity index (χ0v) is 10.4. The Morgan fingerprint density at radius 1 is 1.11 bits per heavy atom. The molecule has 0 unspecified atom stereocenters. The predicted molar refractivity (Wildman–Crippen MR) is 73.1 cm³/mol. The number of aryl methyl sites for hydroxylation is 2. The third-order valence-corrected chi connectivity index (χ3v) is 2.99. The molecule has 2 N–H and O–H groups in total. The zero-order valence-electron chi connectivity index (χ0n) is 10.4. The van der Waals surface area contributed by atoms with Gasteiger partial charge in [0.2, 0.25) is 0 Å². The van der Waals surface area contributed by atoms with Crippen molar-refractivity contribution in [3.63, 3.8) is 0 Å². The highest BCUT2D eigenvalue weighted by Crippen LogP contribution is 2.24. The molecule has 4 nitrogen and oxygen atoms in total. The first-order valence-corrected chi connectivity index (χ1v) is 5.86. The van der Waals surface area contributed by atoms with E-state index in [1.165, 1.54) is 11.1 Å². The average molecular weight is 238 g/mol. The Bertz CT molecular complexity index is 700. The molecule has 0 fully saturated rings. The Morgan fingerprint density at radius 3 is 2.83 bits per heavy atom. The lowest BCUT2D eigenvalue weighted by Gasteiger charge is -2.10. The summed E-state index contributed by atoms with van der Waals surface area (Å²) in [5.74, 6) is 0.827. The minimum atomic E-state index is 0.827. The van der Waals surface area contributed by atoms with E-state index in [9.17, 15) is 0 Å². The van der Waals surface area contributed by atoms with Gasteiger partial charge in [0.05, 0.1) is 5.39 Å². The second kappa shape index (κ2) is 4.14. The van der Waals surface area contributed by atoms with Crippen LogP contribution in [0.5, 0.6) is 0 Å². The maximum Gasteiger partial charge on any atom is 0.143 e. The number of nitrogens with one attached hydrogen (secondary N) is 2. The maximum absolute atomic E-state index is 4.30. The van der Waals surface area contributed by atoms with Crippen molar-refractivity contribution in [3.8, 4) is 0 Å². The van der Waals surface area contributed by atoms with Crippen molar-refractivity contribution in [3.05, 3.63) is 47.9 Å². The molecule has 18 heavy (non-hydrogen) atoms. The fourth-order valence-electron chi connectivity index (χ4n) is 2.05. The van der Waals surface area contributed by atoms with Crippen molar-refractivity contribution in [2.24, 2.45) is 0 Å². The number of anilines is 2. The summed E-state index contributed by atoms with van der Waals surface area (Å²) in [6.07, 6.45) is 3.43. The second-order valence-corrected chi connectivity index (χ2v) is 4.41. The van der Waals surface area contributed by atoms with Crippen LogP contribution in [0.1, 0.15) is 11.1 Å². The summed E-state index contributed by atoms with van der Waals surface area (Å²) in [5.41, 5.74) is 4.38. The van der Waals surface area contributed by atoms with Crippen LogP contribution in [0.2, 0.25) is 0 Å². The zero-order chi connectivity index (χ0) is 12.5. The summed E-state index contributed by atoms with van der Waals surface area (Å²) in [5, 5.41) is 4.36. The molecule has 0 aliphatic heterocycles. The van der Waals surface area contributed by atoms with Gasteiger partial charge in [-0.15, -0.1) is 0 Å². The van der Waals surface area contributed by atoms with Crippen LogP contribution in [0.25, 0.3) is 11.0 Å². The molecule has 0 saturated carbocycles. The number of H-pyrrole nitrogens is 1. The highest BCUT2D eigenvalue weighted by Gasteiger charge is 2.05. The second-order valence-electron chi connectivity index (χ2n) is 4.41. The molecule has 0 aliphatic carbocycles. The summed E-state index contributed by atoms with van der Waals surface area (Å²) in [6.45, 7) is 4.18. The Morgan fingerprint density at radius 2 is 2.00 bits per heavy atom. The summed E-state index contributed by atoms with van der Waals surface area (Å²) in [6, 6.07) is 8.29. The molecule has 0 radical (unpaired) electrons. The number of hydrogen-bond donors (Lipinski definition) is 2. The van der Waals surface area contributed by atoms with Crippen LogP contribution >= 0.6 is 0 Å². The molecule has 0 amide bonds. The standard InChI is InChI=1S/C14H14N4/c1-9-3-4-12(10(2)7-9)18-14-11-5-6-15-13(11)16-8-17-14/h3-8H,1-2H3,(H2,15,16,17,18). The number of aromatic nitrogens is 3. The van der Waals surface area contributed by atoms with Crippen LogP contribution in [0, 0.1) is 13.8 Å². The van der Waals surface area contributed by atoms with Crippen molar-refractivity contribution in [2.45, 2.75) is 13.8 Å². The van der Waals surface area contributed by atoms with Gasteiger partial charge in [0, 0.05) is 11.9 Å². The molecule has 0 atom stereocenters. The number of nitrogens with zero attached hydrogens (tertiary/aromatic N) is 2. The average Bonchev–Trinajstić information content (AvgIpc) is 2.82. The summed E-state index contributed by atoms with van der Waals surface area (Å²) >= 11 is 0. The lowest BCUT2D eigenvalue weighted by molar-refractivity contribution is 1.19. The van der Waals surface area contributed by atoms with Gasteiger partial charge in [-0.3, -0.25) is 0 Å². The van der Waals surface area contributed by atoms with E-state index in [1.807, 2.05) is 12.3 Å². The van der Waals surface area contributed by atoms with Crippen LogP contribution in [-0.2, 0) is 0 Å². The molecular weight excluding hydrogens is 224 g/mol. The van der Waals surface area contributed by atoms with Gasteiger partial charge < -0.3 is 10.3 Å². The first-order valence-electron chi connectivity index (χ1n) is 5.86. The molecule has 90 valence electrons. The molecule has 0 aliphatic rings. The molecule has 2 aromatic heterocycles. The number of rotatable bonds is 2. The number of fused-ring (bicyclic) bond motifs is 1. The predicted octanol–water partition coefficient (Wildman–Crippen LogP) is 3.32. The third-order valence-electron chi connectivity index (χ3n) is 2.99. The Labute approximate surface area is 105 Å². The molecule has 0 spiro atoms. The van der Waals surface area contributed by atoms with E-state index in [0.29, 0.717) is 0 Å². The van der Waals surface area contributed by atoms with Crippen molar-refractivity contribution >= 4 is 22.5 Å². The van der Waals surface area contributed by atoms with E-state index < -0.39 is 0 Å². The molecular formula is C14H14N4.